The minimum atomic E-state index is 0.440. The summed E-state index contributed by atoms with van der Waals surface area (Å²) in [7, 11) is 0. The molecule has 0 radical (unpaired) electrons. The Hall–Kier alpha value is -2.38. The predicted octanol–water partition coefficient (Wildman–Crippen LogP) is 6.45. The van der Waals surface area contributed by atoms with E-state index in [-0.39, 0.29) is 0 Å². The standard InChI is InChI=1S/C26H26N4S2/c1-3-21(27-13-1)25-29-15-23(31-25)19-9-5-17(6-10-19)18-7-11-20(12-8-18)24-16-30-26(32-24)22-4-2-14-28-22/h5-12,15-16,21-22,27-28H,1-4,13-14H2. The summed E-state index contributed by atoms with van der Waals surface area (Å²) < 4.78 is 0. The lowest BCUT2D eigenvalue weighted by molar-refractivity contribution is 0.643. The molecule has 0 saturated carbocycles. The molecular formula is C26H26N4S2. The SMILES string of the molecule is c1cc(-c2cnc(C3CCCN3)s2)ccc1-c1ccc(-c2cnc(C3CCCN3)s2)cc1. The van der Waals surface area contributed by atoms with Crippen molar-refractivity contribution < 1.29 is 0 Å². The first-order valence-electron chi connectivity index (χ1n) is 11.4. The lowest BCUT2D eigenvalue weighted by Crippen LogP contribution is -2.12. The smallest absolute Gasteiger partial charge is 0.110 e. The molecule has 32 heavy (non-hydrogen) atoms. The molecule has 2 aliphatic rings. The van der Waals surface area contributed by atoms with Crippen molar-refractivity contribution in [1.82, 2.24) is 20.6 Å². The maximum Gasteiger partial charge on any atom is 0.110 e. The molecule has 162 valence electrons. The van der Waals surface area contributed by atoms with E-state index in [1.165, 1.54) is 67.7 Å². The van der Waals surface area contributed by atoms with Gasteiger partial charge in [-0.3, -0.25) is 0 Å². The highest BCUT2D eigenvalue weighted by Crippen LogP contribution is 2.35. The molecule has 0 amide bonds. The molecule has 4 nitrogen and oxygen atoms in total. The number of thiazole rings is 2. The van der Waals surface area contributed by atoms with E-state index in [4.69, 9.17) is 0 Å². The van der Waals surface area contributed by atoms with Crippen LogP contribution in [0.5, 0.6) is 0 Å². The fraction of sp³-hybridized carbons (Fsp3) is 0.308. The molecule has 2 atom stereocenters. The van der Waals surface area contributed by atoms with Gasteiger partial charge in [-0.05, 0) is 61.0 Å². The van der Waals surface area contributed by atoms with Crippen LogP contribution >= 0.6 is 22.7 Å². The van der Waals surface area contributed by atoms with Gasteiger partial charge in [-0.2, -0.15) is 0 Å². The van der Waals surface area contributed by atoms with Crippen molar-refractivity contribution in [2.75, 3.05) is 13.1 Å². The molecule has 2 aliphatic heterocycles. The van der Waals surface area contributed by atoms with Gasteiger partial charge in [0.25, 0.3) is 0 Å². The van der Waals surface area contributed by atoms with Crippen LogP contribution in [0.1, 0.15) is 47.8 Å². The largest absolute Gasteiger partial charge is 0.308 e. The van der Waals surface area contributed by atoms with Crippen molar-refractivity contribution in [1.29, 1.82) is 0 Å². The molecule has 0 aliphatic carbocycles. The summed E-state index contributed by atoms with van der Waals surface area (Å²) in [6.45, 7) is 2.21. The maximum absolute atomic E-state index is 4.67. The van der Waals surface area contributed by atoms with Crippen molar-refractivity contribution in [2.45, 2.75) is 37.8 Å². The maximum atomic E-state index is 4.67. The van der Waals surface area contributed by atoms with Crippen LogP contribution in [0, 0.1) is 0 Å². The van der Waals surface area contributed by atoms with Gasteiger partial charge in [-0.1, -0.05) is 48.5 Å². The fourth-order valence-electron chi connectivity index (χ4n) is 4.61. The summed E-state index contributed by atoms with van der Waals surface area (Å²) in [6.07, 6.45) is 8.93. The Balaban J connectivity index is 1.17. The van der Waals surface area contributed by atoms with E-state index in [1.807, 2.05) is 35.1 Å². The Morgan fingerprint density at radius 2 is 1.00 bits per heavy atom. The Kier molecular flexibility index (Phi) is 5.61. The van der Waals surface area contributed by atoms with Crippen LogP contribution in [0.15, 0.2) is 60.9 Å². The van der Waals surface area contributed by atoms with Gasteiger partial charge >= 0.3 is 0 Å². The number of hydrogen-bond acceptors (Lipinski definition) is 6. The minimum absolute atomic E-state index is 0.440. The van der Waals surface area contributed by atoms with E-state index < -0.39 is 0 Å². The van der Waals surface area contributed by atoms with E-state index in [0.717, 1.165) is 13.1 Å². The molecule has 4 heterocycles. The highest BCUT2D eigenvalue weighted by molar-refractivity contribution is 7.15. The molecule has 6 heteroatoms. The molecule has 0 spiro atoms. The molecular weight excluding hydrogens is 432 g/mol. The molecule has 6 rings (SSSR count). The van der Waals surface area contributed by atoms with Crippen molar-refractivity contribution in [2.24, 2.45) is 0 Å². The molecule has 0 bridgehead atoms. The summed E-state index contributed by atoms with van der Waals surface area (Å²) in [5, 5.41) is 9.51. The van der Waals surface area contributed by atoms with Gasteiger partial charge < -0.3 is 10.6 Å². The van der Waals surface area contributed by atoms with Crippen LogP contribution in [0.2, 0.25) is 0 Å². The van der Waals surface area contributed by atoms with Crippen molar-refractivity contribution in [3.05, 3.63) is 70.9 Å². The predicted molar refractivity (Wildman–Crippen MR) is 134 cm³/mol. The third-order valence-electron chi connectivity index (χ3n) is 6.44. The molecule has 2 aromatic heterocycles. The van der Waals surface area contributed by atoms with Gasteiger partial charge in [-0.15, -0.1) is 22.7 Å². The first-order valence-corrected chi connectivity index (χ1v) is 13.1. The zero-order valence-electron chi connectivity index (χ0n) is 17.9. The minimum Gasteiger partial charge on any atom is -0.308 e. The Bertz CT molecular complexity index is 1090. The molecule has 2 fully saturated rings. The zero-order chi connectivity index (χ0) is 21.3. The van der Waals surface area contributed by atoms with Crippen LogP contribution in [0.3, 0.4) is 0 Å². The lowest BCUT2D eigenvalue weighted by atomic mass is 10.0. The van der Waals surface area contributed by atoms with Gasteiger partial charge in [0.2, 0.25) is 0 Å². The Morgan fingerprint density at radius 1 is 0.594 bits per heavy atom. The third-order valence-corrected chi connectivity index (χ3v) is 8.76. The molecule has 4 aromatic rings. The first kappa shape index (κ1) is 20.2. The topological polar surface area (TPSA) is 49.8 Å². The summed E-state index contributed by atoms with van der Waals surface area (Å²) in [5.41, 5.74) is 4.96. The van der Waals surface area contributed by atoms with Crippen LogP contribution < -0.4 is 10.6 Å². The number of nitrogens with one attached hydrogen (secondary N) is 2. The number of benzene rings is 2. The Morgan fingerprint density at radius 3 is 1.38 bits per heavy atom. The normalized spacial score (nSPS) is 20.8. The van der Waals surface area contributed by atoms with Crippen LogP contribution in [-0.2, 0) is 0 Å². The molecule has 2 aromatic carbocycles. The number of hydrogen-bond donors (Lipinski definition) is 2. The van der Waals surface area contributed by atoms with Crippen LogP contribution in [0.25, 0.3) is 32.0 Å². The molecule has 2 saturated heterocycles. The first-order chi connectivity index (χ1) is 15.8. The van der Waals surface area contributed by atoms with E-state index in [9.17, 15) is 0 Å². The second kappa shape index (κ2) is 8.87. The van der Waals surface area contributed by atoms with Crippen molar-refractivity contribution in [3.63, 3.8) is 0 Å². The van der Waals surface area contributed by atoms with Gasteiger partial charge in [0.05, 0.1) is 21.8 Å². The second-order valence-corrected chi connectivity index (χ2v) is 10.7. The van der Waals surface area contributed by atoms with E-state index >= 15 is 0 Å². The van der Waals surface area contributed by atoms with Gasteiger partial charge in [0.1, 0.15) is 10.0 Å². The summed E-state index contributed by atoms with van der Waals surface area (Å²) in [4.78, 5) is 11.8. The summed E-state index contributed by atoms with van der Waals surface area (Å²) >= 11 is 3.63. The molecule has 2 N–H and O–H groups in total. The fourth-order valence-corrected chi connectivity index (χ4v) is 6.68. The van der Waals surface area contributed by atoms with Gasteiger partial charge in [-0.25, -0.2) is 9.97 Å². The molecule has 2 unspecified atom stereocenters. The van der Waals surface area contributed by atoms with Crippen molar-refractivity contribution >= 4 is 22.7 Å². The zero-order valence-corrected chi connectivity index (χ0v) is 19.5. The third kappa shape index (κ3) is 4.04. The van der Waals surface area contributed by atoms with Gasteiger partial charge in [0.15, 0.2) is 0 Å². The number of nitrogens with zero attached hydrogens (tertiary/aromatic N) is 2. The quantitative estimate of drug-likeness (QED) is 0.361. The van der Waals surface area contributed by atoms with Crippen LogP contribution in [0.4, 0.5) is 0 Å². The lowest BCUT2D eigenvalue weighted by Gasteiger charge is -2.06. The second-order valence-electron chi connectivity index (χ2n) is 8.58. The summed E-state index contributed by atoms with van der Waals surface area (Å²) in [6, 6.07) is 18.6. The number of rotatable bonds is 5. The van der Waals surface area contributed by atoms with E-state index in [2.05, 4.69) is 69.1 Å². The average molecular weight is 459 g/mol. The average Bonchev–Trinajstić information content (AvgIpc) is 3.66. The summed E-state index contributed by atoms with van der Waals surface area (Å²) in [5.74, 6) is 0. The highest BCUT2D eigenvalue weighted by Gasteiger charge is 2.20. The Labute approximate surface area is 196 Å². The van der Waals surface area contributed by atoms with E-state index in [1.54, 1.807) is 0 Å². The number of aromatic nitrogens is 2. The van der Waals surface area contributed by atoms with Gasteiger partial charge in [0, 0.05) is 12.4 Å². The van der Waals surface area contributed by atoms with Crippen LogP contribution in [-0.4, -0.2) is 23.1 Å². The monoisotopic (exact) mass is 458 g/mol. The highest BCUT2D eigenvalue weighted by atomic mass is 32.1. The van der Waals surface area contributed by atoms with Crippen molar-refractivity contribution in [3.8, 4) is 32.0 Å². The van der Waals surface area contributed by atoms with E-state index in [0.29, 0.717) is 12.1 Å².